The summed E-state index contributed by atoms with van der Waals surface area (Å²) in [6, 6.07) is -1.13. The normalized spacial score (nSPS) is 14.9. The molecule has 0 heterocycles. The molecule has 0 fully saturated rings. The first-order valence-corrected chi connectivity index (χ1v) is 4.58. The second-order valence-electron chi connectivity index (χ2n) is 3.31. The van der Waals surface area contributed by atoms with Crippen LogP contribution in [0.2, 0.25) is 0 Å². The topological polar surface area (TPSA) is 49.3 Å². The number of hydrogen-bond donors (Lipinski definition) is 2. The summed E-state index contributed by atoms with van der Waals surface area (Å²) in [6.45, 7) is 0.669. The van der Waals surface area contributed by atoms with Gasteiger partial charge in [0, 0.05) is 0 Å². The Balaban J connectivity index is 4.91. The number of aliphatic hydroxyl groups excluding tert-OH is 1. The van der Waals surface area contributed by atoms with Crippen LogP contribution >= 0.6 is 0 Å². The molecule has 1 amide bonds. The van der Waals surface area contributed by atoms with Gasteiger partial charge in [0.15, 0.2) is 0 Å². The lowest BCUT2D eigenvalue weighted by molar-refractivity contribution is -0.274. The SMILES string of the molecule is CCC(CO)NC(=O)C(C(F)(F)F)C(F)(F)F. The maximum absolute atomic E-state index is 12.1. The summed E-state index contributed by atoms with van der Waals surface area (Å²) in [7, 11) is 0. The van der Waals surface area contributed by atoms with Crippen molar-refractivity contribution in [3.05, 3.63) is 0 Å². The molecule has 102 valence electrons. The van der Waals surface area contributed by atoms with Gasteiger partial charge in [0.25, 0.3) is 0 Å². The van der Waals surface area contributed by atoms with E-state index in [-0.39, 0.29) is 6.42 Å². The van der Waals surface area contributed by atoms with E-state index in [2.05, 4.69) is 0 Å². The van der Waals surface area contributed by atoms with Crippen LogP contribution < -0.4 is 5.32 Å². The molecule has 0 rings (SSSR count). The highest BCUT2D eigenvalue weighted by atomic mass is 19.4. The van der Waals surface area contributed by atoms with E-state index >= 15 is 0 Å². The van der Waals surface area contributed by atoms with Crippen LogP contribution in [0.3, 0.4) is 0 Å². The maximum Gasteiger partial charge on any atom is 0.409 e. The third-order valence-electron chi connectivity index (χ3n) is 1.98. The Bertz CT molecular complexity index is 244. The summed E-state index contributed by atoms with van der Waals surface area (Å²) < 4.78 is 72.5. The number of carbonyl (C=O) groups is 1. The van der Waals surface area contributed by atoms with Crippen LogP contribution in [0.15, 0.2) is 0 Å². The first-order chi connectivity index (χ1) is 7.54. The van der Waals surface area contributed by atoms with E-state index in [1.807, 2.05) is 0 Å². The van der Waals surface area contributed by atoms with Crippen molar-refractivity contribution in [2.75, 3.05) is 6.61 Å². The van der Waals surface area contributed by atoms with E-state index in [1.165, 1.54) is 12.2 Å². The number of carbonyl (C=O) groups excluding carboxylic acids is 1. The molecular formula is C8H11F6NO2. The predicted octanol–water partition coefficient (Wildman–Crippen LogP) is 1.61. The molecule has 0 saturated carbocycles. The number of aliphatic hydroxyl groups is 1. The molecule has 0 aromatic heterocycles. The summed E-state index contributed by atoms with van der Waals surface area (Å²) in [5.74, 6) is -6.28. The summed E-state index contributed by atoms with van der Waals surface area (Å²) in [4.78, 5) is 10.9. The molecule has 1 unspecified atom stereocenters. The Morgan fingerprint density at radius 2 is 1.59 bits per heavy atom. The first-order valence-electron chi connectivity index (χ1n) is 4.58. The zero-order valence-corrected chi connectivity index (χ0v) is 8.69. The Morgan fingerprint density at radius 3 is 1.82 bits per heavy atom. The molecule has 0 aliphatic heterocycles. The Morgan fingerprint density at radius 1 is 1.18 bits per heavy atom. The maximum atomic E-state index is 12.1. The van der Waals surface area contributed by atoms with Crippen LogP contribution in [0.25, 0.3) is 0 Å². The average Bonchev–Trinajstić information content (AvgIpc) is 2.09. The number of alkyl halides is 6. The minimum Gasteiger partial charge on any atom is -0.394 e. The molecule has 3 nitrogen and oxygen atoms in total. The molecular weight excluding hydrogens is 256 g/mol. The predicted molar refractivity (Wildman–Crippen MR) is 44.9 cm³/mol. The minimum absolute atomic E-state index is 0.0185. The Kier molecular flexibility index (Phi) is 5.24. The molecule has 9 heteroatoms. The third-order valence-corrected chi connectivity index (χ3v) is 1.98. The molecule has 0 saturated heterocycles. The van der Waals surface area contributed by atoms with Crippen LogP contribution in [0.1, 0.15) is 13.3 Å². The van der Waals surface area contributed by atoms with E-state index in [9.17, 15) is 31.1 Å². The van der Waals surface area contributed by atoms with Crippen molar-refractivity contribution in [3.8, 4) is 0 Å². The van der Waals surface area contributed by atoms with Crippen molar-refractivity contribution in [1.29, 1.82) is 0 Å². The smallest absolute Gasteiger partial charge is 0.394 e. The van der Waals surface area contributed by atoms with E-state index in [1.54, 1.807) is 0 Å². The van der Waals surface area contributed by atoms with Crippen LogP contribution in [0, 0.1) is 5.92 Å². The van der Waals surface area contributed by atoms with E-state index in [4.69, 9.17) is 5.11 Å². The highest BCUT2D eigenvalue weighted by Gasteiger charge is 2.61. The van der Waals surface area contributed by atoms with Gasteiger partial charge in [0.05, 0.1) is 12.6 Å². The molecule has 0 bridgehead atoms. The fraction of sp³-hybridized carbons (Fsp3) is 0.875. The zero-order valence-electron chi connectivity index (χ0n) is 8.69. The molecule has 0 spiro atoms. The Hall–Kier alpha value is -0.990. The summed E-state index contributed by atoms with van der Waals surface area (Å²) in [5, 5.41) is 10.1. The van der Waals surface area contributed by atoms with Gasteiger partial charge in [-0.1, -0.05) is 6.92 Å². The fourth-order valence-electron chi connectivity index (χ4n) is 1.04. The van der Waals surface area contributed by atoms with Gasteiger partial charge in [-0.3, -0.25) is 4.79 Å². The van der Waals surface area contributed by atoms with Crippen molar-refractivity contribution < 1.29 is 36.2 Å². The van der Waals surface area contributed by atoms with E-state index in [0.29, 0.717) is 0 Å². The molecule has 0 radical (unpaired) electrons. The van der Waals surface area contributed by atoms with Crippen molar-refractivity contribution >= 4 is 5.91 Å². The van der Waals surface area contributed by atoms with Crippen LogP contribution in [0.5, 0.6) is 0 Å². The van der Waals surface area contributed by atoms with E-state index in [0.717, 1.165) is 0 Å². The number of amides is 1. The summed E-state index contributed by atoms with van der Waals surface area (Å²) in [5.41, 5.74) is 0. The molecule has 0 aliphatic carbocycles. The lowest BCUT2D eigenvalue weighted by atomic mass is 10.1. The number of halogens is 6. The van der Waals surface area contributed by atoms with Crippen molar-refractivity contribution in [2.45, 2.75) is 31.7 Å². The van der Waals surface area contributed by atoms with Gasteiger partial charge in [-0.05, 0) is 6.42 Å². The molecule has 0 aromatic rings. The molecule has 2 N–H and O–H groups in total. The number of hydrogen-bond acceptors (Lipinski definition) is 2. The van der Waals surface area contributed by atoms with Crippen LogP contribution in [0.4, 0.5) is 26.3 Å². The lowest BCUT2D eigenvalue weighted by Crippen LogP contribution is -2.51. The monoisotopic (exact) mass is 267 g/mol. The highest BCUT2D eigenvalue weighted by Crippen LogP contribution is 2.39. The first kappa shape index (κ1) is 16.0. The molecule has 0 aliphatic rings. The van der Waals surface area contributed by atoms with Gasteiger partial charge in [-0.15, -0.1) is 0 Å². The van der Waals surface area contributed by atoms with Crippen molar-refractivity contribution in [1.82, 2.24) is 5.32 Å². The second kappa shape index (κ2) is 5.56. The van der Waals surface area contributed by atoms with Gasteiger partial charge in [0.1, 0.15) is 0 Å². The van der Waals surface area contributed by atoms with Gasteiger partial charge in [0.2, 0.25) is 11.8 Å². The quantitative estimate of drug-likeness (QED) is 0.760. The van der Waals surface area contributed by atoms with E-state index < -0.39 is 36.8 Å². The number of rotatable bonds is 4. The minimum atomic E-state index is -5.71. The van der Waals surface area contributed by atoms with Gasteiger partial charge < -0.3 is 10.4 Å². The highest BCUT2D eigenvalue weighted by molar-refractivity contribution is 5.80. The standard InChI is InChI=1S/C8H11F6NO2/c1-2-4(3-16)15-6(17)5(7(9,10)11)8(12,13)14/h4-5,16H,2-3H2,1H3,(H,15,17). The third kappa shape index (κ3) is 4.80. The summed E-state index contributed by atoms with van der Waals surface area (Å²) >= 11 is 0. The van der Waals surface area contributed by atoms with Crippen LogP contribution in [-0.2, 0) is 4.79 Å². The van der Waals surface area contributed by atoms with Gasteiger partial charge >= 0.3 is 12.4 Å². The van der Waals surface area contributed by atoms with Crippen molar-refractivity contribution in [2.24, 2.45) is 5.92 Å². The second-order valence-corrected chi connectivity index (χ2v) is 3.31. The molecule has 1 atom stereocenters. The van der Waals surface area contributed by atoms with Gasteiger partial charge in [-0.25, -0.2) is 0 Å². The van der Waals surface area contributed by atoms with Crippen molar-refractivity contribution in [3.63, 3.8) is 0 Å². The van der Waals surface area contributed by atoms with Crippen LogP contribution in [-0.4, -0.2) is 36.0 Å². The van der Waals surface area contributed by atoms with Gasteiger partial charge in [-0.2, -0.15) is 26.3 Å². The zero-order chi connectivity index (χ0) is 13.9. The lowest BCUT2D eigenvalue weighted by Gasteiger charge is -2.24. The Labute approximate surface area is 92.8 Å². The largest absolute Gasteiger partial charge is 0.409 e. The fourth-order valence-corrected chi connectivity index (χ4v) is 1.04. The number of nitrogens with one attached hydrogen (secondary N) is 1. The molecule has 17 heavy (non-hydrogen) atoms. The average molecular weight is 267 g/mol. The molecule has 0 aromatic carbocycles. The summed E-state index contributed by atoms with van der Waals surface area (Å²) in [6.07, 6.45) is -11.4.